The van der Waals surface area contributed by atoms with Crippen LogP contribution in [-0.4, -0.2) is 24.5 Å². The SMILES string of the molecule is CCN(C)C1CCC2=C1CCC(C)=C2. The Balaban J connectivity index is 2.19. The standard InChI is InChI=1S/C13H21N/c1-4-14(3)13-8-6-11-9-10(2)5-7-12(11)13/h9,13H,4-8H2,1-3H3. The Morgan fingerprint density at radius 2 is 2.14 bits per heavy atom. The predicted octanol–water partition coefficient (Wildman–Crippen LogP) is 3.14. The van der Waals surface area contributed by atoms with E-state index >= 15 is 0 Å². The van der Waals surface area contributed by atoms with Crippen LogP contribution in [0.4, 0.5) is 0 Å². The van der Waals surface area contributed by atoms with Crippen molar-refractivity contribution in [2.24, 2.45) is 0 Å². The molecule has 14 heavy (non-hydrogen) atoms. The molecule has 0 aliphatic heterocycles. The molecule has 0 heterocycles. The molecule has 2 aliphatic carbocycles. The minimum absolute atomic E-state index is 0.749. The van der Waals surface area contributed by atoms with Gasteiger partial charge >= 0.3 is 0 Å². The molecular weight excluding hydrogens is 170 g/mol. The fraction of sp³-hybridized carbons (Fsp3) is 0.692. The highest BCUT2D eigenvalue weighted by molar-refractivity contribution is 5.39. The lowest BCUT2D eigenvalue weighted by Crippen LogP contribution is -2.31. The lowest BCUT2D eigenvalue weighted by molar-refractivity contribution is 0.280. The molecule has 0 N–H and O–H groups in total. The highest BCUT2D eigenvalue weighted by Gasteiger charge is 2.28. The molecule has 0 aromatic heterocycles. The summed E-state index contributed by atoms with van der Waals surface area (Å²) >= 11 is 0. The van der Waals surface area contributed by atoms with Gasteiger partial charge in [-0.15, -0.1) is 0 Å². The van der Waals surface area contributed by atoms with Gasteiger partial charge in [-0.1, -0.05) is 18.6 Å². The Morgan fingerprint density at radius 1 is 1.36 bits per heavy atom. The molecule has 1 heteroatoms. The first-order valence-corrected chi connectivity index (χ1v) is 5.81. The van der Waals surface area contributed by atoms with E-state index in [-0.39, 0.29) is 0 Å². The van der Waals surface area contributed by atoms with E-state index in [1.54, 1.807) is 16.7 Å². The summed E-state index contributed by atoms with van der Waals surface area (Å²) in [6, 6.07) is 0.749. The van der Waals surface area contributed by atoms with Crippen LogP contribution >= 0.6 is 0 Å². The van der Waals surface area contributed by atoms with Crippen molar-refractivity contribution in [2.75, 3.05) is 13.6 Å². The second-order valence-corrected chi connectivity index (χ2v) is 4.67. The Morgan fingerprint density at radius 3 is 2.86 bits per heavy atom. The van der Waals surface area contributed by atoms with E-state index < -0.39 is 0 Å². The fourth-order valence-corrected chi connectivity index (χ4v) is 2.74. The van der Waals surface area contributed by atoms with Crippen molar-refractivity contribution in [3.63, 3.8) is 0 Å². The molecule has 0 aromatic rings. The first-order chi connectivity index (χ1) is 6.72. The van der Waals surface area contributed by atoms with Crippen LogP contribution in [0.3, 0.4) is 0 Å². The van der Waals surface area contributed by atoms with Crippen LogP contribution in [0.25, 0.3) is 0 Å². The Bertz CT molecular complexity index is 286. The summed E-state index contributed by atoms with van der Waals surface area (Å²) in [6.07, 6.45) is 7.68. The molecule has 0 fully saturated rings. The van der Waals surface area contributed by atoms with Gasteiger partial charge in [0.2, 0.25) is 0 Å². The molecule has 2 aliphatic rings. The van der Waals surface area contributed by atoms with Crippen LogP contribution < -0.4 is 0 Å². The van der Waals surface area contributed by atoms with E-state index in [1.165, 1.54) is 32.2 Å². The summed E-state index contributed by atoms with van der Waals surface area (Å²) in [4.78, 5) is 2.50. The zero-order valence-electron chi connectivity index (χ0n) is 9.64. The Labute approximate surface area is 87.5 Å². The molecule has 2 rings (SSSR count). The molecule has 1 unspecified atom stereocenters. The van der Waals surface area contributed by atoms with Crippen molar-refractivity contribution in [3.05, 3.63) is 22.8 Å². The minimum Gasteiger partial charge on any atom is -0.300 e. The van der Waals surface area contributed by atoms with E-state index in [1.807, 2.05) is 0 Å². The van der Waals surface area contributed by atoms with E-state index in [2.05, 4.69) is 31.9 Å². The van der Waals surface area contributed by atoms with E-state index in [0.717, 1.165) is 6.04 Å². The van der Waals surface area contributed by atoms with Crippen LogP contribution in [0.15, 0.2) is 22.8 Å². The minimum atomic E-state index is 0.749. The lowest BCUT2D eigenvalue weighted by Gasteiger charge is -2.27. The molecular formula is C13H21N. The smallest absolute Gasteiger partial charge is 0.0313 e. The molecule has 78 valence electrons. The van der Waals surface area contributed by atoms with Crippen LogP contribution in [0.1, 0.15) is 39.5 Å². The highest BCUT2D eigenvalue weighted by Crippen LogP contribution is 2.37. The monoisotopic (exact) mass is 191 g/mol. The first-order valence-electron chi connectivity index (χ1n) is 5.81. The predicted molar refractivity (Wildman–Crippen MR) is 61.3 cm³/mol. The summed E-state index contributed by atoms with van der Waals surface area (Å²) in [6.45, 7) is 5.69. The van der Waals surface area contributed by atoms with Crippen molar-refractivity contribution >= 4 is 0 Å². The quantitative estimate of drug-likeness (QED) is 0.648. The first kappa shape index (κ1) is 9.97. The maximum Gasteiger partial charge on any atom is 0.0313 e. The summed E-state index contributed by atoms with van der Waals surface area (Å²) in [5.41, 5.74) is 4.96. The van der Waals surface area contributed by atoms with Crippen LogP contribution in [0, 0.1) is 0 Å². The van der Waals surface area contributed by atoms with Gasteiger partial charge in [0.05, 0.1) is 0 Å². The summed E-state index contributed by atoms with van der Waals surface area (Å²) in [7, 11) is 2.26. The maximum absolute atomic E-state index is 2.50. The normalized spacial score (nSPS) is 26.9. The number of nitrogens with zero attached hydrogens (tertiary/aromatic N) is 1. The topological polar surface area (TPSA) is 3.24 Å². The summed E-state index contributed by atoms with van der Waals surface area (Å²) < 4.78 is 0. The van der Waals surface area contributed by atoms with Gasteiger partial charge in [0.1, 0.15) is 0 Å². The molecule has 1 nitrogen and oxygen atoms in total. The second kappa shape index (κ2) is 3.90. The zero-order chi connectivity index (χ0) is 10.1. The van der Waals surface area contributed by atoms with Gasteiger partial charge in [-0.2, -0.15) is 0 Å². The fourth-order valence-electron chi connectivity index (χ4n) is 2.74. The number of rotatable bonds is 2. The Hall–Kier alpha value is -0.560. The lowest BCUT2D eigenvalue weighted by atomic mass is 9.93. The van der Waals surface area contributed by atoms with Gasteiger partial charge < -0.3 is 0 Å². The number of hydrogen-bond acceptors (Lipinski definition) is 1. The molecule has 0 aromatic carbocycles. The van der Waals surface area contributed by atoms with Crippen molar-refractivity contribution in [2.45, 2.75) is 45.6 Å². The van der Waals surface area contributed by atoms with Gasteiger partial charge in [-0.3, -0.25) is 4.90 Å². The van der Waals surface area contributed by atoms with Crippen LogP contribution in [0.5, 0.6) is 0 Å². The molecule has 0 amide bonds. The average molecular weight is 191 g/mol. The molecule has 0 saturated carbocycles. The number of likely N-dealkylation sites (N-methyl/N-ethyl adjacent to an activating group) is 1. The van der Waals surface area contributed by atoms with Crippen LogP contribution in [0.2, 0.25) is 0 Å². The van der Waals surface area contributed by atoms with Crippen molar-refractivity contribution in [1.82, 2.24) is 4.90 Å². The Kier molecular flexibility index (Phi) is 2.78. The van der Waals surface area contributed by atoms with Gasteiger partial charge in [0.25, 0.3) is 0 Å². The third-order valence-corrected chi connectivity index (χ3v) is 3.74. The van der Waals surface area contributed by atoms with Crippen molar-refractivity contribution in [1.29, 1.82) is 0 Å². The second-order valence-electron chi connectivity index (χ2n) is 4.67. The average Bonchev–Trinajstić information content (AvgIpc) is 2.59. The molecule has 1 atom stereocenters. The molecule has 0 saturated heterocycles. The third-order valence-electron chi connectivity index (χ3n) is 3.74. The van der Waals surface area contributed by atoms with Gasteiger partial charge in [0, 0.05) is 6.04 Å². The van der Waals surface area contributed by atoms with E-state index in [4.69, 9.17) is 0 Å². The van der Waals surface area contributed by atoms with E-state index in [0.29, 0.717) is 0 Å². The van der Waals surface area contributed by atoms with Crippen LogP contribution in [-0.2, 0) is 0 Å². The van der Waals surface area contributed by atoms with Crippen molar-refractivity contribution < 1.29 is 0 Å². The molecule has 0 spiro atoms. The van der Waals surface area contributed by atoms with Gasteiger partial charge in [-0.05, 0) is 57.3 Å². The van der Waals surface area contributed by atoms with Gasteiger partial charge in [-0.25, -0.2) is 0 Å². The van der Waals surface area contributed by atoms with Gasteiger partial charge in [0.15, 0.2) is 0 Å². The number of allylic oxidation sites excluding steroid dienone is 3. The third kappa shape index (κ3) is 1.66. The molecule has 0 bridgehead atoms. The number of hydrogen-bond donors (Lipinski definition) is 0. The largest absolute Gasteiger partial charge is 0.300 e. The molecule has 0 radical (unpaired) electrons. The van der Waals surface area contributed by atoms with Crippen molar-refractivity contribution in [3.8, 4) is 0 Å². The summed E-state index contributed by atoms with van der Waals surface area (Å²) in [5, 5.41) is 0. The maximum atomic E-state index is 2.50. The highest BCUT2D eigenvalue weighted by atomic mass is 15.1. The van der Waals surface area contributed by atoms with E-state index in [9.17, 15) is 0 Å². The summed E-state index contributed by atoms with van der Waals surface area (Å²) in [5.74, 6) is 0. The zero-order valence-corrected chi connectivity index (χ0v) is 9.64.